The molecule has 1 saturated carbocycles. The van der Waals surface area contributed by atoms with Gasteiger partial charge in [0.15, 0.2) is 0 Å². The Morgan fingerprint density at radius 3 is 0.667 bits per heavy atom. The number of rotatable bonds is 0. The molecular weight excluding hydrogens is 180 g/mol. The van der Waals surface area contributed by atoms with Crippen molar-refractivity contribution >= 4 is 0 Å². The standard InChI is InChI=1S/C5H10.C2H6.4CH3.Ti/c1-2-4-5-3-1;1-2;;;;;/h1-5H2;1-2H3;4*1H3;/q;;4*-1;+4. The normalized spacial score (nSPS) is 10.5. The summed E-state index contributed by atoms with van der Waals surface area (Å²) >= 11 is 0. The molecule has 12 heavy (non-hydrogen) atoms. The molecular formula is C11H28Ti. The minimum absolute atomic E-state index is 0. The Morgan fingerprint density at radius 2 is 0.583 bits per heavy atom. The molecule has 0 aliphatic heterocycles. The topological polar surface area (TPSA) is 0 Å². The van der Waals surface area contributed by atoms with Gasteiger partial charge in [0.05, 0.1) is 0 Å². The van der Waals surface area contributed by atoms with E-state index in [2.05, 4.69) is 0 Å². The SMILES string of the molecule is C1CCCC1.CC.[CH3-].[CH3-].[CH3-].[CH3-].[Ti+4]. The molecule has 0 atom stereocenters. The van der Waals surface area contributed by atoms with Gasteiger partial charge < -0.3 is 29.7 Å². The van der Waals surface area contributed by atoms with Crippen molar-refractivity contribution in [1.82, 2.24) is 0 Å². The molecule has 0 spiro atoms. The first-order chi connectivity index (χ1) is 3.50. The zero-order chi connectivity index (χ0) is 5.54. The first-order valence-corrected chi connectivity index (χ1v) is 3.50. The molecule has 1 rings (SSSR count). The fraction of sp³-hybridized carbons (Fsp3) is 0.636. The quantitative estimate of drug-likeness (QED) is 0.397. The van der Waals surface area contributed by atoms with Gasteiger partial charge in [0.1, 0.15) is 0 Å². The predicted octanol–water partition coefficient (Wildman–Crippen LogP) is 4.78. The molecule has 76 valence electrons. The van der Waals surface area contributed by atoms with Crippen LogP contribution in [0.15, 0.2) is 0 Å². The molecule has 0 aromatic carbocycles. The molecule has 0 amide bonds. The zero-order valence-corrected chi connectivity index (χ0v) is 11.6. The Hall–Kier alpha value is 0.714. The Morgan fingerprint density at radius 1 is 0.500 bits per heavy atom. The molecule has 1 aliphatic carbocycles. The van der Waals surface area contributed by atoms with Crippen LogP contribution in [0.2, 0.25) is 0 Å². The van der Waals surface area contributed by atoms with Crippen molar-refractivity contribution in [1.29, 1.82) is 0 Å². The van der Waals surface area contributed by atoms with Crippen molar-refractivity contribution in [2.24, 2.45) is 0 Å². The molecule has 1 aliphatic rings. The maximum absolute atomic E-state index is 2.00. The minimum atomic E-state index is 0. The molecule has 0 aromatic heterocycles. The molecule has 1 fully saturated rings. The van der Waals surface area contributed by atoms with Gasteiger partial charge in [-0.3, -0.25) is 0 Å². The van der Waals surface area contributed by atoms with E-state index >= 15 is 0 Å². The fourth-order valence-electron chi connectivity index (χ4n) is 0.884. The summed E-state index contributed by atoms with van der Waals surface area (Å²) in [6, 6.07) is 0. The monoisotopic (exact) mass is 208 g/mol. The Balaban J connectivity index is -0.0000000122. The summed E-state index contributed by atoms with van der Waals surface area (Å²) in [5, 5.41) is 0. The van der Waals surface area contributed by atoms with Crippen molar-refractivity contribution in [2.75, 3.05) is 0 Å². The van der Waals surface area contributed by atoms with Crippen LogP contribution >= 0.6 is 0 Å². The third-order valence-corrected chi connectivity index (χ3v) is 1.25. The summed E-state index contributed by atoms with van der Waals surface area (Å²) in [7, 11) is 0. The summed E-state index contributed by atoms with van der Waals surface area (Å²) in [5.41, 5.74) is 0. The van der Waals surface area contributed by atoms with Gasteiger partial charge >= 0.3 is 21.7 Å². The van der Waals surface area contributed by atoms with E-state index in [1.807, 2.05) is 13.8 Å². The van der Waals surface area contributed by atoms with Crippen molar-refractivity contribution in [2.45, 2.75) is 46.0 Å². The number of hydrogen-bond donors (Lipinski definition) is 0. The Bertz CT molecular complexity index is 16.6. The van der Waals surface area contributed by atoms with E-state index in [4.69, 9.17) is 0 Å². The molecule has 0 bridgehead atoms. The average molecular weight is 208 g/mol. The van der Waals surface area contributed by atoms with Gasteiger partial charge in [0.2, 0.25) is 0 Å². The van der Waals surface area contributed by atoms with E-state index in [0.29, 0.717) is 0 Å². The van der Waals surface area contributed by atoms with E-state index in [1.54, 1.807) is 0 Å². The van der Waals surface area contributed by atoms with E-state index in [1.165, 1.54) is 32.1 Å². The van der Waals surface area contributed by atoms with Crippen LogP contribution < -0.4 is 0 Å². The Labute approximate surface area is 97.4 Å². The maximum Gasteiger partial charge on any atom is 4.00 e. The van der Waals surface area contributed by atoms with Crippen LogP contribution in [0.5, 0.6) is 0 Å². The largest absolute Gasteiger partial charge is 4.00 e. The van der Waals surface area contributed by atoms with Crippen LogP contribution in [0.1, 0.15) is 46.0 Å². The van der Waals surface area contributed by atoms with Gasteiger partial charge in [0.25, 0.3) is 0 Å². The van der Waals surface area contributed by atoms with Crippen LogP contribution in [-0.4, -0.2) is 0 Å². The molecule has 0 nitrogen and oxygen atoms in total. The minimum Gasteiger partial charge on any atom is -0.358 e. The van der Waals surface area contributed by atoms with Crippen molar-refractivity contribution in [3.8, 4) is 0 Å². The maximum atomic E-state index is 2.00. The second-order valence-corrected chi connectivity index (χ2v) is 1.77. The summed E-state index contributed by atoms with van der Waals surface area (Å²) in [6.45, 7) is 4.00. The average Bonchev–Trinajstić information content (AvgIpc) is 2.23. The second-order valence-electron chi connectivity index (χ2n) is 1.77. The molecule has 1 heteroatoms. The molecule has 0 unspecified atom stereocenters. The summed E-state index contributed by atoms with van der Waals surface area (Å²) in [4.78, 5) is 0. The second kappa shape index (κ2) is 41.2. The van der Waals surface area contributed by atoms with Crippen LogP contribution in [0.3, 0.4) is 0 Å². The van der Waals surface area contributed by atoms with Gasteiger partial charge in [0, 0.05) is 0 Å². The smallest absolute Gasteiger partial charge is 0.358 e. The van der Waals surface area contributed by atoms with E-state index in [-0.39, 0.29) is 51.4 Å². The molecule has 0 aromatic rings. The van der Waals surface area contributed by atoms with E-state index in [0.717, 1.165) is 0 Å². The van der Waals surface area contributed by atoms with Crippen molar-refractivity contribution in [3.05, 3.63) is 29.7 Å². The summed E-state index contributed by atoms with van der Waals surface area (Å²) in [6.07, 6.45) is 7.50. The van der Waals surface area contributed by atoms with Gasteiger partial charge in [-0.25, -0.2) is 0 Å². The van der Waals surface area contributed by atoms with Crippen LogP contribution in [0.25, 0.3) is 0 Å². The fourth-order valence-corrected chi connectivity index (χ4v) is 0.884. The Kier molecular flexibility index (Phi) is 133. The number of hydrogen-bond acceptors (Lipinski definition) is 0. The first kappa shape index (κ1) is 38.7. The molecule has 0 heterocycles. The summed E-state index contributed by atoms with van der Waals surface area (Å²) in [5.74, 6) is 0. The van der Waals surface area contributed by atoms with Crippen molar-refractivity contribution in [3.63, 3.8) is 0 Å². The van der Waals surface area contributed by atoms with E-state index in [9.17, 15) is 0 Å². The van der Waals surface area contributed by atoms with Gasteiger partial charge in [-0.2, -0.15) is 0 Å². The van der Waals surface area contributed by atoms with Crippen LogP contribution in [-0.2, 0) is 21.7 Å². The van der Waals surface area contributed by atoms with Crippen LogP contribution in [0.4, 0.5) is 0 Å². The van der Waals surface area contributed by atoms with Gasteiger partial charge in [-0.15, -0.1) is 0 Å². The zero-order valence-electron chi connectivity index (χ0n) is 10.0. The third kappa shape index (κ3) is 31.0. The van der Waals surface area contributed by atoms with Crippen molar-refractivity contribution < 1.29 is 21.7 Å². The van der Waals surface area contributed by atoms with Gasteiger partial charge in [-0.1, -0.05) is 46.0 Å². The molecule has 0 saturated heterocycles. The molecule has 0 radical (unpaired) electrons. The van der Waals surface area contributed by atoms with Crippen LogP contribution in [0, 0.1) is 29.7 Å². The third-order valence-electron chi connectivity index (χ3n) is 1.25. The van der Waals surface area contributed by atoms with Gasteiger partial charge in [-0.05, 0) is 0 Å². The molecule has 0 N–H and O–H groups in total. The van der Waals surface area contributed by atoms with E-state index < -0.39 is 0 Å². The summed E-state index contributed by atoms with van der Waals surface area (Å²) < 4.78 is 0. The first-order valence-electron chi connectivity index (χ1n) is 3.50. The predicted molar refractivity (Wildman–Crippen MR) is 60.1 cm³/mol.